The maximum absolute atomic E-state index is 4.96. The molecule has 0 spiro atoms. The van der Waals surface area contributed by atoms with Crippen LogP contribution in [0, 0.1) is 0 Å². The Balaban J connectivity index is 3.30. The predicted molar refractivity (Wildman–Crippen MR) is 58.2 cm³/mol. The van der Waals surface area contributed by atoms with E-state index in [1.54, 1.807) is 0 Å². The second-order valence-corrected chi connectivity index (χ2v) is 3.50. The molecule has 0 bridgehead atoms. The summed E-state index contributed by atoms with van der Waals surface area (Å²) in [5, 5.41) is 3.28. The van der Waals surface area contributed by atoms with Gasteiger partial charge in [0.05, 0.1) is 0 Å². The molecule has 1 nitrogen and oxygen atoms in total. The van der Waals surface area contributed by atoms with Crippen LogP contribution in [0.5, 0.6) is 0 Å². The Kier molecular flexibility index (Phi) is 6.67. The zero-order valence-corrected chi connectivity index (χ0v) is 8.26. The first-order valence-electron chi connectivity index (χ1n) is 4.03. The van der Waals surface area contributed by atoms with Gasteiger partial charge in [0, 0.05) is 0 Å². The summed E-state index contributed by atoms with van der Waals surface area (Å²) >= 11 is 4.96. The van der Waals surface area contributed by atoms with Crippen LogP contribution in [0.3, 0.4) is 0 Å². The third-order valence-electron chi connectivity index (χ3n) is 1.30. The molecule has 0 aliphatic rings. The zero-order chi connectivity index (χ0) is 8.69. The summed E-state index contributed by atoms with van der Waals surface area (Å²) in [6.45, 7) is 6.08. The molecule has 0 aromatic rings. The Hall–Kier alpha value is -0.0151. The molecule has 0 aliphatic carbocycles. The van der Waals surface area contributed by atoms with Crippen molar-refractivity contribution in [2.75, 3.05) is 13.1 Å². The summed E-state index contributed by atoms with van der Waals surface area (Å²) < 4.78 is 0. The first-order chi connectivity index (χ1) is 5.16. The van der Waals surface area contributed by atoms with E-state index in [4.69, 9.17) is 12.2 Å². The Morgan fingerprint density at radius 1 is 1.55 bits per heavy atom. The van der Waals surface area contributed by atoms with Crippen molar-refractivity contribution >= 4 is 30.0 Å². The molecule has 0 radical (unpaired) electrons. The number of thiocarbonyl (C=S) groups is 1. The summed E-state index contributed by atoms with van der Waals surface area (Å²) in [6.07, 6.45) is 2.05. The number of hydrogen-bond acceptors (Lipinski definition) is 2. The number of nitrogens with one attached hydrogen (secondary N) is 1. The third kappa shape index (κ3) is 7.89. The average molecular weight is 169 g/mol. The summed E-state index contributed by atoms with van der Waals surface area (Å²) in [4.78, 5) is 1.02. The Morgan fingerprint density at radius 2 is 2.18 bits per heavy atom. The molecule has 0 saturated heterocycles. The van der Waals surface area contributed by atoms with Gasteiger partial charge in [0.15, 0.2) is 0 Å². The van der Waals surface area contributed by atoms with Crippen molar-refractivity contribution in [3.8, 4) is 0 Å². The molecule has 11 heavy (non-hydrogen) atoms. The van der Waals surface area contributed by atoms with Gasteiger partial charge in [0.1, 0.15) is 0 Å². The van der Waals surface area contributed by atoms with E-state index in [1.807, 2.05) is 6.92 Å². The standard InChI is InChI=1S/C8H16BNS/c1-3-4-10-6-8(9)5-7(2)11/h9-10H,3-6H2,1-2H3. The van der Waals surface area contributed by atoms with E-state index in [-0.39, 0.29) is 0 Å². The van der Waals surface area contributed by atoms with Crippen LogP contribution in [0.2, 0.25) is 0 Å². The minimum absolute atomic E-state index is 0.881. The van der Waals surface area contributed by atoms with Crippen LogP contribution < -0.4 is 5.32 Å². The van der Waals surface area contributed by atoms with Gasteiger partial charge in [0.2, 0.25) is 0 Å². The second-order valence-electron chi connectivity index (χ2n) is 2.81. The first kappa shape index (κ1) is 11.0. The molecule has 0 atom stereocenters. The molecule has 0 unspecified atom stereocenters. The van der Waals surface area contributed by atoms with Gasteiger partial charge in [0.25, 0.3) is 0 Å². The number of rotatable bonds is 6. The van der Waals surface area contributed by atoms with Crippen LogP contribution in [0.4, 0.5) is 0 Å². The van der Waals surface area contributed by atoms with Crippen LogP contribution in [0.15, 0.2) is 0 Å². The van der Waals surface area contributed by atoms with E-state index < -0.39 is 0 Å². The van der Waals surface area contributed by atoms with Gasteiger partial charge in [-0.15, -0.1) is 0 Å². The van der Waals surface area contributed by atoms with Crippen LogP contribution >= 0.6 is 12.2 Å². The van der Waals surface area contributed by atoms with Gasteiger partial charge in [-0.2, -0.15) is 0 Å². The normalized spacial score (nSPS) is 9.55. The van der Waals surface area contributed by atoms with Crippen molar-refractivity contribution in [2.24, 2.45) is 0 Å². The minimum atomic E-state index is 0.881. The van der Waals surface area contributed by atoms with E-state index in [9.17, 15) is 0 Å². The van der Waals surface area contributed by atoms with Crippen molar-refractivity contribution in [1.82, 2.24) is 5.32 Å². The van der Waals surface area contributed by atoms with E-state index in [0.29, 0.717) is 0 Å². The Labute approximate surface area is 75.6 Å². The summed E-state index contributed by atoms with van der Waals surface area (Å²) in [5.74, 6) is 0. The molecule has 0 rings (SSSR count). The molecule has 0 saturated carbocycles. The summed E-state index contributed by atoms with van der Waals surface area (Å²) in [7, 11) is 3.92. The maximum atomic E-state index is 4.96. The molecule has 3 heteroatoms. The van der Waals surface area contributed by atoms with Gasteiger partial charge < -0.3 is 0 Å². The molecule has 0 heterocycles. The molecule has 0 aliphatic heterocycles. The molecule has 0 amide bonds. The Bertz CT molecular complexity index is 145. The second kappa shape index (κ2) is 6.68. The average Bonchev–Trinajstić information content (AvgIpc) is 1.86. The van der Waals surface area contributed by atoms with Crippen LogP contribution in [0.25, 0.3) is 0 Å². The Morgan fingerprint density at radius 3 is 2.64 bits per heavy atom. The molecular weight excluding hydrogens is 153 g/mol. The van der Waals surface area contributed by atoms with E-state index in [0.717, 1.165) is 24.4 Å². The fourth-order valence-corrected chi connectivity index (χ4v) is 1.06. The number of hydrogen-bond donors (Lipinski definition) is 1. The van der Waals surface area contributed by atoms with Crippen LogP contribution in [-0.4, -0.2) is 30.9 Å². The van der Waals surface area contributed by atoms with Gasteiger partial charge >= 0.3 is 75.1 Å². The third-order valence-corrected chi connectivity index (χ3v) is 1.45. The fraction of sp³-hybridized carbons (Fsp3) is 0.750. The van der Waals surface area contributed by atoms with E-state index in [1.165, 1.54) is 11.9 Å². The fourth-order valence-electron chi connectivity index (χ4n) is 0.857. The predicted octanol–water partition coefficient (Wildman–Crippen LogP) is 0.839. The summed E-state index contributed by atoms with van der Waals surface area (Å²) in [6, 6.07) is 0. The first-order valence-corrected chi connectivity index (χ1v) is 4.44. The van der Waals surface area contributed by atoms with Gasteiger partial charge in [-0.1, -0.05) is 0 Å². The van der Waals surface area contributed by atoms with Crippen LogP contribution in [0.1, 0.15) is 26.7 Å². The monoisotopic (exact) mass is 169 g/mol. The molecule has 0 aromatic carbocycles. The van der Waals surface area contributed by atoms with Gasteiger partial charge in [-0.3, -0.25) is 0 Å². The van der Waals surface area contributed by atoms with Gasteiger partial charge in [-0.25, -0.2) is 0 Å². The van der Waals surface area contributed by atoms with E-state index in [2.05, 4.69) is 19.7 Å². The van der Waals surface area contributed by atoms with Gasteiger partial charge in [-0.05, 0) is 0 Å². The molecular formula is C8H16BNS. The van der Waals surface area contributed by atoms with Crippen molar-refractivity contribution in [1.29, 1.82) is 0 Å². The molecule has 62 valence electrons. The quantitative estimate of drug-likeness (QED) is 0.359. The van der Waals surface area contributed by atoms with E-state index >= 15 is 0 Å². The molecule has 0 aromatic heterocycles. The van der Waals surface area contributed by atoms with Crippen molar-refractivity contribution < 1.29 is 0 Å². The SMILES string of the molecule is B=C(CNCCC)CC(C)=S. The molecule has 1 N–H and O–H groups in total. The topological polar surface area (TPSA) is 12.0 Å². The van der Waals surface area contributed by atoms with Crippen molar-refractivity contribution in [3.05, 3.63) is 0 Å². The zero-order valence-electron chi connectivity index (χ0n) is 7.44. The summed E-state index contributed by atoms with van der Waals surface area (Å²) in [5.41, 5.74) is 1.19. The molecule has 0 fully saturated rings. The van der Waals surface area contributed by atoms with Crippen molar-refractivity contribution in [2.45, 2.75) is 26.7 Å². The van der Waals surface area contributed by atoms with Crippen molar-refractivity contribution in [3.63, 3.8) is 0 Å². The van der Waals surface area contributed by atoms with Crippen LogP contribution in [-0.2, 0) is 0 Å².